The van der Waals surface area contributed by atoms with Crippen molar-refractivity contribution < 1.29 is 9.53 Å². The largest absolute Gasteiger partial charge is 0.466 e. The van der Waals surface area contributed by atoms with Crippen molar-refractivity contribution in [1.82, 2.24) is 4.37 Å². The summed E-state index contributed by atoms with van der Waals surface area (Å²) in [6, 6.07) is 1.82. The van der Waals surface area contributed by atoms with Crippen LogP contribution in [0.2, 0.25) is 0 Å². The summed E-state index contributed by atoms with van der Waals surface area (Å²) in [6.45, 7) is 2.24. The van der Waals surface area contributed by atoms with Crippen LogP contribution in [-0.4, -0.2) is 16.9 Å². The molecule has 0 spiro atoms. The lowest BCUT2D eigenvalue weighted by molar-refractivity contribution is -0.142. The van der Waals surface area contributed by atoms with Crippen LogP contribution in [0.4, 0.5) is 0 Å². The molecule has 0 bridgehead atoms. The third kappa shape index (κ3) is 2.67. The van der Waals surface area contributed by atoms with Crippen LogP contribution in [0.25, 0.3) is 0 Å². The van der Waals surface area contributed by atoms with Crippen molar-refractivity contribution in [1.29, 1.82) is 0 Å². The Labute approximate surface area is 69.2 Å². The minimum absolute atomic E-state index is 0.184. The van der Waals surface area contributed by atoms with Gasteiger partial charge in [-0.2, -0.15) is 0 Å². The SMILES string of the molecule is CCOC(=O)Cc1ccns1. The third-order valence-corrected chi connectivity index (χ3v) is 1.86. The Bertz CT molecular complexity index is 220. The topological polar surface area (TPSA) is 39.2 Å². The number of ether oxygens (including phenoxy) is 1. The number of rotatable bonds is 3. The highest BCUT2D eigenvalue weighted by atomic mass is 32.1. The fraction of sp³-hybridized carbons (Fsp3) is 0.429. The van der Waals surface area contributed by atoms with Crippen LogP contribution in [0, 0.1) is 0 Å². The fourth-order valence-electron chi connectivity index (χ4n) is 0.688. The number of carbonyl (C=O) groups excluding carboxylic acids is 1. The molecule has 0 atom stereocenters. The van der Waals surface area contributed by atoms with Gasteiger partial charge in [-0.25, -0.2) is 4.37 Å². The number of esters is 1. The summed E-state index contributed by atoms with van der Waals surface area (Å²) in [5.74, 6) is -0.184. The highest BCUT2D eigenvalue weighted by Crippen LogP contribution is 2.05. The molecule has 1 rings (SSSR count). The van der Waals surface area contributed by atoms with E-state index in [1.165, 1.54) is 11.5 Å². The second-order valence-corrected chi connectivity index (χ2v) is 2.88. The van der Waals surface area contributed by atoms with Crippen LogP contribution >= 0.6 is 11.5 Å². The monoisotopic (exact) mass is 171 g/mol. The van der Waals surface area contributed by atoms with E-state index >= 15 is 0 Å². The standard InChI is InChI=1S/C7H9NO2S/c1-2-10-7(9)5-6-3-4-8-11-6/h3-4H,2,5H2,1H3. The minimum Gasteiger partial charge on any atom is -0.466 e. The van der Waals surface area contributed by atoms with Gasteiger partial charge in [0.1, 0.15) is 0 Å². The maximum absolute atomic E-state index is 10.9. The fourth-order valence-corrected chi connectivity index (χ4v) is 1.25. The first kappa shape index (κ1) is 8.20. The first-order valence-electron chi connectivity index (χ1n) is 3.38. The van der Waals surface area contributed by atoms with Gasteiger partial charge in [0.05, 0.1) is 13.0 Å². The second kappa shape index (κ2) is 4.08. The normalized spacial score (nSPS) is 9.55. The molecule has 11 heavy (non-hydrogen) atoms. The summed E-state index contributed by atoms with van der Waals surface area (Å²) in [7, 11) is 0. The van der Waals surface area contributed by atoms with E-state index in [0.717, 1.165) is 4.88 Å². The molecule has 0 saturated heterocycles. The Balaban J connectivity index is 2.37. The van der Waals surface area contributed by atoms with E-state index in [4.69, 9.17) is 4.74 Å². The summed E-state index contributed by atoms with van der Waals surface area (Å²) in [4.78, 5) is 11.8. The lowest BCUT2D eigenvalue weighted by Gasteiger charge is -1.97. The summed E-state index contributed by atoms with van der Waals surface area (Å²) < 4.78 is 8.62. The van der Waals surface area contributed by atoms with Crippen LogP contribution in [0.1, 0.15) is 11.8 Å². The quantitative estimate of drug-likeness (QED) is 0.642. The Morgan fingerprint density at radius 2 is 2.64 bits per heavy atom. The number of hydrogen-bond acceptors (Lipinski definition) is 4. The zero-order chi connectivity index (χ0) is 8.10. The van der Waals surface area contributed by atoms with Crippen molar-refractivity contribution in [3.05, 3.63) is 17.1 Å². The number of aromatic nitrogens is 1. The number of hydrogen-bond donors (Lipinski definition) is 0. The Morgan fingerprint density at radius 1 is 1.82 bits per heavy atom. The van der Waals surface area contributed by atoms with Gasteiger partial charge in [-0.1, -0.05) is 0 Å². The molecule has 0 unspecified atom stereocenters. The summed E-state index contributed by atoms with van der Waals surface area (Å²) in [5, 5.41) is 0. The number of nitrogens with zero attached hydrogens (tertiary/aromatic N) is 1. The molecule has 1 heterocycles. The molecular formula is C7H9NO2S. The molecule has 0 fully saturated rings. The molecule has 0 aliphatic carbocycles. The van der Waals surface area contributed by atoms with Crippen LogP contribution in [0.3, 0.4) is 0 Å². The van der Waals surface area contributed by atoms with Crippen LogP contribution in [0.5, 0.6) is 0 Å². The van der Waals surface area contributed by atoms with Crippen molar-refractivity contribution in [2.24, 2.45) is 0 Å². The lowest BCUT2D eigenvalue weighted by atomic mass is 10.4. The molecule has 0 amide bonds. The highest BCUT2D eigenvalue weighted by molar-refractivity contribution is 7.05. The summed E-state index contributed by atoms with van der Waals surface area (Å²) >= 11 is 1.33. The maximum Gasteiger partial charge on any atom is 0.311 e. The highest BCUT2D eigenvalue weighted by Gasteiger charge is 2.03. The second-order valence-electron chi connectivity index (χ2n) is 1.96. The summed E-state index contributed by atoms with van der Waals surface area (Å²) in [5.41, 5.74) is 0. The first-order chi connectivity index (χ1) is 5.33. The third-order valence-electron chi connectivity index (χ3n) is 1.12. The smallest absolute Gasteiger partial charge is 0.311 e. The zero-order valence-electron chi connectivity index (χ0n) is 6.24. The predicted octanol–water partition coefficient (Wildman–Crippen LogP) is 1.25. The average Bonchev–Trinajstić information content (AvgIpc) is 2.40. The van der Waals surface area contributed by atoms with Crippen molar-refractivity contribution in [3.63, 3.8) is 0 Å². The van der Waals surface area contributed by atoms with E-state index in [9.17, 15) is 4.79 Å². The molecule has 1 aromatic heterocycles. The minimum atomic E-state index is -0.184. The van der Waals surface area contributed by atoms with Gasteiger partial charge in [0.25, 0.3) is 0 Å². The lowest BCUT2D eigenvalue weighted by Crippen LogP contribution is -2.05. The molecular weight excluding hydrogens is 162 g/mol. The van der Waals surface area contributed by atoms with E-state index in [1.807, 2.05) is 6.07 Å². The van der Waals surface area contributed by atoms with Gasteiger partial charge >= 0.3 is 5.97 Å². The van der Waals surface area contributed by atoms with Gasteiger partial charge in [0.15, 0.2) is 0 Å². The summed E-state index contributed by atoms with van der Waals surface area (Å²) in [6.07, 6.45) is 2.03. The molecule has 4 heteroatoms. The molecule has 1 aromatic rings. The molecule has 3 nitrogen and oxygen atoms in total. The molecule has 0 saturated carbocycles. The van der Waals surface area contributed by atoms with Crippen LogP contribution < -0.4 is 0 Å². The Kier molecular flexibility index (Phi) is 3.04. The molecule has 0 aromatic carbocycles. The predicted molar refractivity (Wildman–Crippen MR) is 42.5 cm³/mol. The van der Waals surface area contributed by atoms with Crippen LogP contribution in [-0.2, 0) is 16.0 Å². The molecule has 0 aliphatic rings. The van der Waals surface area contributed by atoms with Gasteiger partial charge in [-0.15, -0.1) is 0 Å². The Morgan fingerprint density at radius 3 is 3.18 bits per heavy atom. The molecule has 0 N–H and O–H groups in total. The average molecular weight is 171 g/mol. The van der Waals surface area contributed by atoms with E-state index in [2.05, 4.69) is 4.37 Å². The zero-order valence-corrected chi connectivity index (χ0v) is 7.06. The van der Waals surface area contributed by atoms with E-state index in [0.29, 0.717) is 13.0 Å². The van der Waals surface area contributed by atoms with Gasteiger partial charge in [-0.05, 0) is 24.5 Å². The maximum atomic E-state index is 10.9. The van der Waals surface area contributed by atoms with Gasteiger partial charge in [0, 0.05) is 11.1 Å². The van der Waals surface area contributed by atoms with E-state index in [1.54, 1.807) is 13.1 Å². The molecule has 0 aliphatic heterocycles. The molecule has 0 radical (unpaired) electrons. The van der Waals surface area contributed by atoms with Gasteiger partial charge in [-0.3, -0.25) is 4.79 Å². The van der Waals surface area contributed by atoms with E-state index in [-0.39, 0.29) is 5.97 Å². The first-order valence-corrected chi connectivity index (χ1v) is 4.15. The van der Waals surface area contributed by atoms with Crippen LogP contribution in [0.15, 0.2) is 12.3 Å². The van der Waals surface area contributed by atoms with Gasteiger partial charge in [0.2, 0.25) is 0 Å². The Hall–Kier alpha value is -0.900. The van der Waals surface area contributed by atoms with Crippen molar-refractivity contribution >= 4 is 17.5 Å². The van der Waals surface area contributed by atoms with Gasteiger partial charge < -0.3 is 4.74 Å². The van der Waals surface area contributed by atoms with Crippen molar-refractivity contribution in [2.45, 2.75) is 13.3 Å². The van der Waals surface area contributed by atoms with E-state index < -0.39 is 0 Å². The molecule has 60 valence electrons. The number of carbonyl (C=O) groups is 1. The van der Waals surface area contributed by atoms with Crippen molar-refractivity contribution in [2.75, 3.05) is 6.61 Å². The van der Waals surface area contributed by atoms with Crippen molar-refractivity contribution in [3.8, 4) is 0 Å².